The molecule has 3 atom stereocenters. The van der Waals surface area contributed by atoms with Gasteiger partial charge in [-0.3, -0.25) is 19.2 Å². The Hall–Kier alpha value is -2.00. The van der Waals surface area contributed by atoms with Gasteiger partial charge in [-0.1, -0.05) is 20.8 Å². The number of hydrogen-bond donors (Lipinski definition) is 1. The molecule has 3 fully saturated rings. The van der Waals surface area contributed by atoms with Crippen molar-refractivity contribution in [2.24, 2.45) is 0 Å². The minimum atomic E-state index is -0.530. The van der Waals surface area contributed by atoms with Gasteiger partial charge in [-0.05, 0) is 79.1 Å². The first-order valence-electron chi connectivity index (χ1n) is 15.6. The molecule has 0 radical (unpaired) electrons. The molecular formula is C31H54N4O5. The average molecular weight is 563 g/mol. The van der Waals surface area contributed by atoms with Gasteiger partial charge in [-0.15, -0.1) is 0 Å². The standard InChI is InChI=1S/C31H54N4O5/c1-8-26(36)23-12-9-19-34(23)29(39)25-14-11-20-35(25)28(38)24-13-10-18-33(24)27(37)15-16-31(6,7)40-21-17-30(4,5)32-22(2)3/h22-25,32H,8-21H2,1-7H3. The van der Waals surface area contributed by atoms with Crippen LogP contribution in [-0.2, 0) is 23.9 Å². The summed E-state index contributed by atoms with van der Waals surface area (Å²) in [6, 6.07) is -1.01. The van der Waals surface area contributed by atoms with Crippen molar-refractivity contribution in [1.29, 1.82) is 0 Å². The van der Waals surface area contributed by atoms with E-state index >= 15 is 0 Å². The molecular weight excluding hydrogens is 508 g/mol. The Balaban J connectivity index is 1.55. The summed E-state index contributed by atoms with van der Waals surface area (Å²) in [5.41, 5.74) is -0.476. The number of carbonyl (C=O) groups excluding carboxylic acids is 4. The number of nitrogens with zero attached hydrogens (tertiary/aromatic N) is 3. The Labute approximate surface area is 241 Å². The predicted octanol–water partition coefficient (Wildman–Crippen LogP) is 3.68. The normalized spacial score (nSPS) is 23.9. The fourth-order valence-corrected chi connectivity index (χ4v) is 6.65. The van der Waals surface area contributed by atoms with Crippen molar-refractivity contribution in [3.05, 3.63) is 0 Å². The summed E-state index contributed by atoms with van der Waals surface area (Å²) in [5.74, 6) is -0.145. The van der Waals surface area contributed by atoms with Crippen LogP contribution in [0.2, 0.25) is 0 Å². The number of rotatable bonds is 13. The molecule has 1 N–H and O–H groups in total. The van der Waals surface area contributed by atoms with Crippen LogP contribution in [0.1, 0.15) is 113 Å². The minimum absolute atomic E-state index is 0.0236. The summed E-state index contributed by atoms with van der Waals surface area (Å²) >= 11 is 0. The monoisotopic (exact) mass is 562 g/mol. The smallest absolute Gasteiger partial charge is 0.246 e. The number of ether oxygens (including phenoxy) is 1. The van der Waals surface area contributed by atoms with E-state index in [1.165, 1.54) is 0 Å². The highest BCUT2D eigenvalue weighted by Gasteiger charge is 2.45. The van der Waals surface area contributed by atoms with Gasteiger partial charge in [0, 0.05) is 50.7 Å². The number of carbonyl (C=O) groups is 4. The lowest BCUT2D eigenvalue weighted by Gasteiger charge is -2.34. The molecule has 0 bridgehead atoms. The van der Waals surface area contributed by atoms with Crippen molar-refractivity contribution >= 4 is 23.5 Å². The largest absolute Gasteiger partial charge is 0.375 e. The third kappa shape index (κ3) is 8.28. The van der Waals surface area contributed by atoms with Crippen LogP contribution in [0, 0.1) is 0 Å². The van der Waals surface area contributed by atoms with Crippen molar-refractivity contribution in [2.45, 2.75) is 148 Å². The Kier molecular flexibility index (Phi) is 11.2. The first kappa shape index (κ1) is 32.5. The molecule has 3 heterocycles. The van der Waals surface area contributed by atoms with Gasteiger partial charge in [-0.25, -0.2) is 0 Å². The number of likely N-dealkylation sites (tertiary alicyclic amines) is 3. The Morgan fingerprint density at radius 3 is 1.85 bits per heavy atom. The molecule has 3 aliphatic heterocycles. The van der Waals surface area contributed by atoms with E-state index in [2.05, 4.69) is 33.0 Å². The fraction of sp³-hybridized carbons (Fsp3) is 0.871. The van der Waals surface area contributed by atoms with Crippen LogP contribution in [0.4, 0.5) is 0 Å². The second kappa shape index (κ2) is 13.8. The molecule has 3 aliphatic rings. The van der Waals surface area contributed by atoms with Crippen molar-refractivity contribution in [3.8, 4) is 0 Å². The molecule has 0 spiro atoms. The van der Waals surface area contributed by atoms with Gasteiger partial charge >= 0.3 is 0 Å². The second-order valence-corrected chi connectivity index (χ2v) is 13.5. The van der Waals surface area contributed by atoms with Gasteiger partial charge in [0.15, 0.2) is 5.78 Å². The molecule has 3 amide bonds. The highest BCUT2D eigenvalue weighted by Crippen LogP contribution is 2.30. The third-order valence-corrected chi connectivity index (χ3v) is 8.78. The van der Waals surface area contributed by atoms with Crippen molar-refractivity contribution in [3.63, 3.8) is 0 Å². The lowest BCUT2D eigenvalue weighted by atomic mass is 9.99. The Bertz CT molecular complexity index is 917. The maximum atomic E-state index is 13.7. The van der Waals surface area contributed by atoms with Gasteiger partial charge in [0.2, 0.25) is 17.7 Å². The number of amides is 3. The van der Waals surface area contributed by atoms with E-state index in [1.54, 1.807) is 14.7 Å². The van der Waals surface area contributed by atoms with E-state index in [4.69, 9.17) is 4.74 Å². The summed E-state index contributed by atoms with van der Waals surface area (Å²) in [7, 11) is 0. The lowest BCUT2D eigenvalue weighted by molar-refractivity contribution is -0.150. The van der Waals surface area contributed by atoms with E-state index < -0.39 is 17.7 Å². The SMILES string of the molecule is CCC(=O)C1CCCN1C(=O)C1CCCN1C(=O)C1CCCN1C(=O)CCC(C)(C)OCCC(C)(C)NC(C)C. The van der Waals surface area contributed by atoms with Crippen LogP contribution in [0.15, 0.2) is 0 Å². The van der Waals surface area contributed by atoms with E-state index in [9.17, 15) is 19.2 Å². The zero-order valence-corrected chi connectivity index (χ0v) is 26.1. The van der Waals surface area contributed by atoms with Gasteiger partial charge in [0.05, 0.1) is 11.6 Å². The topological polar surface area (TPSA) is 99.3 Å². The molecule has 3 rings (SSSR count). The van der Waals surface area contributed by atoms with Gasteiger partial charge in [0.1, 0.15) is 12.1 Å². The molecule has 9 heteroatoms. The maximum Gasteiger partial charge on any atom is 0.246 e. The molecule has 0 aliphatic carbocycles. The number of ketones is 1. The van der Waals surface area contributed by atoms with Crippen molar-refractivity contribution in [1.82, 2.24) is 20.0 Å². The molecule has 228 valence electrons. The number of hydrogen-bond acceptors (Lipinski definition) is 6. The number of Topliss-reactive ketones (excluding diaryl/α,β-unsaturated/α-hetero) is 1. The Morgan fingerprint density at radius 1 is 0.800 bits per heavy atom. The summed E-state index contributed by atoms with van der Waals surface area (Å²) in [6.07, 6.45) is 6.49. The molecule has 0 aromatic carbocycles. The first-order valence-corrected chi connectivity index (χ1v) is 15.6. The summed E-state index contributed by atoms with van der Waals surface area (Å²) in [5, 5.41) is 3.55. The maximum absolute atomic E-state index is 13.7. The highest BCUT2D eigenvalue weighted by molar-refractivity contribution is 5.95. The Morgan fingerprint density at radius 2 is 1.30 bits per heavy atom. The first-order chi connectivity index (χ1) is 18.8. The fourth-order valence-electron chi connectivity index (χ4n) is 6.65. The van der Waals surface area contributed by atoms with Crippen molar-refractivity contribution in [2.75, 3.05) is 26.2 Å². The van der Waals surface area contributed by atoms with Gasteiger partial charge in [0.25, 0.3) is 0 Å². The van der Waals surface area contributed by atoms with E-state index in [1.807, 2.05) is 20.8 Å². The number of nitrogens with one attached hydrogen (secondary N) is 1. The van der Waals surface area contributed by atoms with Crippen LogP contribution in [0.3, 0.4) is 0 Å². The van der Waals surface area contributed by atoms with Crippen LogP contribution in [0.25, 0.3) is 0 Å². The van der Waals surface area contributed by atoms with Crippen molar-refractivity contribution < 1.29 is 23.9 Å². The molecule has 40 heavy (non-hydrogen) atoms. The summed E-state index contributed by atoms with van der Waals surface area (Å²) in [4.78, 5) is 58.2. The van der Waals surface area contributed by atoms with Crippen LogP contribution in [0.5, 0.6) is 0 Å². The van der Waals surface area contributed by atoms with Crippen LogP contribution < -0.4 is 5.32 Å². The summed E-state index contributed by atoms with van der Waals surface area (Å²) in [6.45, 7) is 16.7. The molecule has 0 saturated carbocycles. The molecule has 9 nitrogen and oxygen atoms in total. The second-order valence-electron chi connectivity index (χ2n) is 13.5. The highest BCUT2D eigenvalue weighted by atomic mass is 16.5. The molecule has 0 aromatic heterocycles. The van der Waals surface area contributed by atoms with E-state index in [-0.39, 0.29) is 35.1 Å². The van der Waals surface area contributed by atoms with Gasteiger partial charge < -0.3 is 24.8 Å². The van der Waals surface area contributed by atoms with Crippen LogP contribution in [-0.4, -0.2) is 99.8 Å². The zero-order valence-electron chi connectivity index (χ0n) is 26.1. The van der Waals surface area contributed by atoms with Crippen LogP contribution >= 0.6 is 0 Å². The van der Waals surface area contributed by atoms with E-state index in [0.29, 0.717) is 70.8 Å². The molecule has 0 aromatic rings. The quantitative estimate of drug-likeness (QED) is 0.368. The van der Waals surface area contributed by atoms with Gasteiger partial charge in [-0.2, -0.15) is 0 Å². The molecule has 3 unspecified atom stereocenters. The lowest BCUT2D eigenvalue weighted by Crippen LogP contribution is -2.55. The predicted molar refractivity (Wildman–Crippen MR) is 156 cm³/mol. The average Bonchev–Trinajstić information content (AvgIpc) is 3.65. The third-order valence-electron chi connectivity index (χ3n) is 8.78. The van der Waals surface area contributed by atoms with E-state index in [0.717, 1.165) is 25.7 Å². The molecule has 3 saturated heterocycles. The summed E-state index contributed by atoms with van der Waals surface area (Å²) < 4.78 is 6.19. The zero-order chi connectivity index (χ0) is 29.7. The minimum Gasteiger partial charge on any atom is -0.375 e.